The molecule has 0 saturated heterocycles. The molecule has 1 fully saturated rings. The van der Waals surface area contributed by atoms with Crippen LogP contribution >= 0.6 is 0 Å². The lowest BCUT2D eigenvalue weighted by molar-refractivity contribution is 0.407. The predicted molar refractivity (Wildman–Crippen MR) is 49.2 cm³/mol. The van der Waals surface area contributed by atoms with Crippen molar-refractivity contribution in [2.45, 2.75) is 31.7 Å². The van der Waals surface area contributed by atoms with Crippen LogP contribution in [0.15, 0.2) is 6.20 Å². The van der Waals surface area contributed by atoms with Gasteiger partial charge in [0.1, 0.15) is 0 Å². The van der Waals surface area contributed by atoms with E-state index in [1.54, 1.807) is 6.20 Å². The lowest BCUT2D eigenvalue weighted by Crippen LogP contribution is -2.15. The first kappa shape index (κ1) is 8.56. The molecule has 1 N–H and O–H groups in total. The van der Waals surface area contributed by atoms with Crippen LogP contribution in [-0.2, 0) is 6.54 Å². The van der Waals surface area contributed by atoms with Gasteiger partial charge in [-0.25, -0.2) is 4.98 Å². The van der Waals surface area contributed by atoms with Gasteiger partial charge >= 0.3 is 0 Å². The Kier molecular flexibility index (Phi) is 2.49. The molecule has 1 saturated carbocycles. The highest BCUT2D eigenvalue weighted by atomic mass is 15.2. The second kappa shape index (κ2) is 3.79. The highest BCUT2D eigenvalue weighted by molar-refractivity contribution is 5.07. The van der Waals surface area contributed by atoms with Gasteiger partial charge in [0.2, 0.25) is 0 Å². The van der Waals surface area contributed by atoms with E-state index in [0.717, 1.165) is 11.5 Å². The van der Waals surface area contributed by atoms with Crippen molar-refractivity contribution in [2.24, 2.45) is 0 Å². The molecule has 4 nitrogen and oxygen atoms in total. The molecule has 0 bridgehead atoms. The summed E-state index contributed by atoms with van der Waals surface area (Å²) in [6.45, 7) is 0.702. The van der Waals surface area contributed by atoms with Crippen LogP contribution in [0.2, 0.25) is 0 Å². The van der Waals surface area contributed by atoms with Gasteiger partial charge in [-0.2, -0.15) is 5.10 Å². The van der Waals surface area contributed by atoms with Gasteiger partial charge in [0, 0.05) is 5.92 Å². The Morgan fingerprint density at radius 2 is 2.38 bits per heavy atom. The topological polar surface area (TPSA) is 50.7 Å². The number of hydrogen-bond acceptors (Lipinski definition) is 4. The third kappa shape index (κ3) is 1.83. The Hall–Kier alpha value is -1.03. The molecule has 1 aromatic rings. The summed E-state index contributed by atoms with van der Waals surface area (Å²) in [6.07, 6.45) is 5.65. The minimum absolute atomic E-state index is 0.645. The summed E-state index contributed by atoms with van der Waals surface area (Å²) in [5, 5.41) is 10.9. The van der Waals surface area contributed by atoms with Crippen molar-refractivity contribution in [1.29, 1.82) is 0 Å². The molecule has 0 radical (unpaired) electrons. The fourth-order valence-corrected chi connectivity index (χ4v) is 1.49. The minimum atomic E-state index is 0.645. The van der Waals surface area contributed by atoms with Crippen LogP contribution < -0.4 is 5.32 Å². The molecule has 0 amide bonds. The van der Waals surface area contributed by atoms with Crippen molar-refractivity contribution in [3.8, 4) is 0 Å². The molecule has 0 unspecified atom stereocenters. The van der Waals surface area contributed by atoms with Gasteiger partial charge in [-0.1, -0.05) is 6.42 Å². The highest BCUT2D eigenvalue weighted by Crippen LogP contribution is 2.34. The van der Waals surface area contributed by atoms with E-state index >= 15 is 0 Å². The lowest BCUT2D eigenvalue weighted by atomic mass is 9.83. The number of rotatable bonds is 3. The van der Waals surface area contributed by atoms with Gasteiger partial charge in [0.25, 0.3) is 0 Å². The summed E-state index contributed by atoms with van der Waals surface area (Å²) in [6, 6.07) is 0. The summed E-state index contributed by atoms with van der Waals surface area (Å²) in [4.78, 5) is 4.45. The predicted octanol–water partition coefficient (Wildman–Crippen LogP) is 0.858. The van der Waals surface area contributed by atoms with Crippen LogP contribution in [0.25, 0.3) is 0 Å². The summed E-state index contributed by atoms with van der Waals surface area (Å²) < 4.78 is 0. The fraction of sp³-hybridized carbons (Fsp3) is 0.667. The van der Waals surface area contributed by atoms with Gasteiger partial charge < -0.3 is 5.32 Å². The standard InChI is InChI=1S/C9H14N4/c1-10-6-9-12-8(5-11-13-9)7-3-2-4-7/h5,7,10H,2-4,6H2,1H3. The van der Waals surface area contributed by atoms with Crippen LogP contribution in [0.4, 0.5) is 0 Å². The summed E-state index contributed by atoms with van der Waals surface area (Å²) in [5.74, 6) is 1.44. The third-order valence-corrected chi connectivity index (χ3v) is 2.48. The quantitative estimate of drug-likeness (QED) is 0.745. The number of aromatic nitrogens is 3. The Morgan fingerprint density at radius 1 is 1.54 bits per heavy atom. The zero-order valence-electron chi connectivity index (χ0n) is 7.82. The average molecular weight is 178 g/mol. The highest BCUT2D eigenvalue weighted by Gasteiger charge is 2.21. The Morgan fingerprint density at radius 3 is 3.00 bits per heavy atom. The molecular formula is C9H14N4. The van der Waals surface area contributed by atoms with E-state index in [-0.39, 0.29) is 0 Å². The Bertz CT molecular complexity index is 283. The van der Waals surface area contributed by atoms with Crippen LogP contribution in [0.3, 0.4) is 0 Å². The number of nitrogens with zero attached hydrogens (tertiary/aromatic N) is 3. The summed E-state index contributed by atoms with van der Waals surface area (Å²) in [7, 11) is 1.89. The maximum Gasteiger partial charge on any atom is 0.165 e. The van der Waals surface area contributed by atoms with Gasteiger partial charge in [-0.3, -0.25) is 0 Å². The molecule has 2 rings (SSSR count). The molecule has 70 valence electrons. The van der Waals surface area contributed by atoms with Gasteiger partial charge in [-0.15, -0.1) is 5.10 Å². The SMILES string of the molecule is CNCc1nncc(C2CCC2)n1. The Balaban J connectivity index is 2.11. The summed E-state index contributed by atoms with van der Waals surface area (Å²) in [5.41, 5.74) is 1.12. The zero-order valence-corrected chi connectivity index (χ0v) is 7.82. The van der Waals surface area contributed by atoms with Gasteiger partial charge in [-0.05, 0) is 19.9 Å². The Labute approximate surface area is 77.8 Å². The molecule has 0 aromatic carbocycles. The molecule has 1 aliphatic rings. The normalized spacial score (nSPS) is 17.0. The number of nitrogens with one attached hydrogen (secondary N) is 1. The second-order valence-electron chi connectivity index (χ2n) is 3.46. The van der Waals surface area contributed by atoms with Crippen LogP contribution in [-0.4, -0.2) is 22.2 Å². The van der Waals surface area contributed by atoms with E-state index in [4.69, 9.17) is 0 Å². The zero-order chi connectivity index (χ0) is 9.10. The maximum absolute atomic E-state index is 4.45. The minimum Gasteiger partial charge on any atom is -0.313 e. The molecule has 1 heterocycles. The smallest absolute Gasteiger partial charge is 0.165 e. The van der Waals surface area contributed by atoms with Crippen molar-refractivity contribution < 1.29 is 0 Å². The van der Waals surface area contributed by atoms with E-state index in [0.29, 0.717) is 12.5 Å². The molecule has 1 aromatic heterocycles. The van der Waals surface area contributed by atoms with Crippen LogP contribution in [0, 0.1) is 0 Å². The molecule has 1 aliphatic carbocycles. The van der Waals surface area contributed by atoms with Crippen molar-refractivity contribution >= 4 is 0 Å². The first-order valence-corrected chi connectivity index (χ1v) is 4.73. The monoisotopic (exact) mass is 178 g/mol. The van der Waals surface area contributed by atoms with Crippen molar-refractivity contribution in [2.75, 3.05) is 7.05 Å². The van der Waals surface area contributed by atoms with Crippen molar-refractivity contribution in [3.63, 3.8) is 0 Å². The lowest BCUT2D eigenvalue weighted by Gasteiger charge is -2.24. The first-order valence-electron chi connectivity index (χ1n) is 4.73. The molecule has 13 heavy (non-hydrogen) atoms. The van der Waals surface area contributed by atoms with Crippen LogP contribution in [0.1, 0.15) is 36.7 Å². The molecule has 4 heteroatoms. The third-order valence-electron chi connectivity index (χ3n) is 2.48. The van der Waals surface area contributed by atoms with E-state index < -0.39 is 0 Å². The van der Waals surface area contributed by atoms with Crippen molar-refractivity contribution in [3.05, 3.63) is 17.7 Å². The summed E-state index contributed by atoms with van der Waals surface area (Å²) >= 11 is 0. The van der Waals surface area contributed by atoms with Crippen molar-refractivity contribution in [1.82, 2.24) is 20.5 Å². The molecule has 0 spiro atoms. The largest absolute Gasteiger partial charge is 0.313 e. The van der Waals surface area contributed by atoms with E-state index in [9.17, 15) is 0 Å². The van der Waals surface area contributed by atoms with Gasteiger partial charge in [0.05, 0.1) is 18.4 Å². The van der Waals surface area contributed by atoms with Gasteiger partial charge in [0.15, 0.2) is 5.82 Å². The molecule has 0 aliphatic heterocycles. The first-order chi connectivity index (χ1) is 6.40. The van der Waals surface area contributed by atoms with E-state index in [1.807, 2.05) is 7.05 Å². The maximum atomic E-state index is 4.45. The average Bonchev–Trinajstić information content (AvgIpc) is 2.02. The van der Waals surface area contributed by atoms with E-state index in [2.05, 4.69) is 20.5 Å². The molecule has 0 atom stereocenters. The number of hydrogen-bond donors (Lipinski definition) is 1. The molecular weight excluding hydrogens is 164 g/mol. The van der Waals surface area contributed by atoms with E-state index in [1.165, 1.54) is 19.3 Å². The second-order valence-corrected chi connectivity index (χ2v) is 3.46. The van der Waals surface area contributed by atoms with Crippen LogP contribution in [0.5, 0.6) is 0 Å². The fourth-order valence-electron chi connectivity index (χ4n) is 1.49.